The van der Waals surface area contributed by atoms with Crippen molar-refractivity contribution in [2.24, 2.45) is 0 Å². The zero-order valence-electron chi connectivity index (χ0n) is 18.1. The van der Waals surface area contributed by atoms with Gasteiger partial charge in [-0.1, -0.05) is 62.3 Å². The Balaban J connectivity index is 1.55. The number of hydrogen-bond donors (Lipinski definition) is 0. The average Bonchev–Trinajstić information content (AvgIpc) is 3.35. The topological polar surface area (TPSA) is 59.2 Å². The number of amides is 1. The number of carbonyl (C=O) groups excluding carboxylic acids is 1. The molecule has 1 aliphatic rings. The summed E-state index contributed by atoms with van der Waals surface area (Å²) in [5.74, 6) is 0.281. The summed E-state index contributed by atoms with van der Waals surface area (Å²) < 4.78 is 44.4. The second-order valence-electron chi connectivity index (χ2n) is 9.06. The van der Waals surface area contributed by atoms with Gasteiger partial charge in [0.25, 0.3) is 0 Å². The van der Waals surface area contributed by atoms with Gasteiger partial charge in [0.15, 0.2) is 0 Å². The number of benzene rings is 2. The normalized spacial score (nSPS) is 17.2. The molecule has 0 saturated carbocycles. The largest absolute Gasteiger partial charge is 0.416 e. The molecule has 0 N–H and O–H groups in total. The fourth-order valence-electron chi connectivity index (χ4n) is 3.82. The van der Waals surface area contributed by atoms with Crippen molar-refractivity contribution in [1.29, 1.82) is 0 Å². The minimum Gasteiger partial charge on any atom is -0.337 e. The first-order chi connectivity index (χ1) is 15.0. The van der Waals surface area contributed by atoms with Crippen molar-refractivity contribution in [1.82, 2.24) is 15.0 Å². The highest BCUT2D eigenvalue weighted by Crippen LogP contribution is 2.35. The molecule has 3 aromatic rings. The molecular weight excluding hydrogens is 419 g/mol. The van der Waals surface area contributed by atoms with Crippen molar-refractivity contribution in [2.45, 2.75) is 57.8 Å². The molecule has 1 unspecified atom stereocenters. The smallest absolute Gasteiger partial charge is 0.337 e. The van der Waals surface area contributed by atoms with Crippen LogP contribution in [-0.4, -0.2) is 20.9 Å². The molecule has 1 atom stereocenters. The number of aromatic nitrogens is 2. The Kier molecular flexibility index (Phi) is 5.56. The summed E-state index contributed by atoms with van der Waals surface area (Å²) >= 11 is 0. The van der Waals surface area contributed by atoms with Crippen LogP contribution in [0.2, 0.25) is 0 Å². The van der Waals surface area contributed by atoms with Crippen molar-refractivity contribution in [3.8, 4) is 11.4 Å². The molecule has 0 spiro atoms. The second-order valence-corrected chi connectivity index (χ2v) is 9.06. The van der Waals surface area contributed by atoms with Gasteiger partial charge in [-0.15, -0.1) is 0 Å². The molecule has 168 valence electrons. The predicted octanol–water partition coefficient (Wildman–Crippen LogP) is 5.92. The third-order valence-corrected chi connectivity index (χ3v) is 5.68. The van der Waals surface area contributed by atoms with Gasteiger partial charge in [0.2, 0.25) is 17.6 Å². The van der Waals surface area contributed by atoms with Crippen LogP contribution in [0.15, 0.2) is 53.1 Å². The van der Waals surface area contributed by atoms with Gasteiger partial charge in [0.1, 0.15) is 6.04 Å². The maximum absolute atomic E-state index is 13.0. The van der Waals surface area contributed by atoms with E-state index in [1.54, 1.807) is 4.90 Å². The summed E-state index contributed by atoms with van der Waals surface area (Å²) in [4.78, 5) is 18.5. The maximum atomic E-state index is 13.0. The summed E-state index contributed by atoms with van der Waals surface area (Å²) in [6.45, 7) is 6.81. The fourth-order valence-corrected chi connectivity index (χ4v) is 3.82. The van der Waals surface area contributed by atoms with Gasteiger partial charge in [-0.3, -0.25) is 4.79 Å². The zero-order valence-corrected chi connectivity index (χ0v) is 18.1. The fraction of sp³-hybridized carbons (Fsp3) is 0.375. The van der Waals surface area contributed by atoms with E-state index in [-0.39, 0.29) is 28.6 Å². The Hall–Kier alpha value is -3.16. The van der Waals surface area contributed by atoms with Crippen LogP contribution >= 0.6 is 0 Å². The number of hydrogen-bond acceptors (Lipinski definition) is 4. The molecule has 2 heterocycles. The summed E-state index contributed by atoms with van der Waals surface area (Å²) in [5.41, 5.74) is 1.65. The molecule has 5 nitrogen and oxygen atoms in total. The number of halogens is 3. The van der Waals surface area contributed by atoms with Gasteiger partial charge in [0, 0.05) is 18.5 Å². The standard InChI is InChI=1S/C24H24F3N3O2/c1-23(2,3)17-9-7-15(8-10-17)14-30-19(11-12-20(30)31)22-28-21(29-32-22)16-5-4-6-18(13-16)24(25,26)27/h4-10,13,19H,11-12,14H2,1-3H3. The lowest BCUT2D eigenvalue weighted by Gasteiger charge is -2.23. The first-order valence-electron chi connectivity index (χ1n) is 10.4. The molecule has 1 amide bonds. The van der Waals surface area contributed by atoms with Crippen LogP contribution in [0.4, 0.5) is 13.2 Å². The molecular formula is C24H24F3N3O2. The molecule has 4 rings (SSSR count). The van der Waals surface area contributed by atoms with Gasteiger partial charge in [-0.25, -0.2) is 0 Å². The van der Waals surface area contributed by atoms with Crippen molar-refractivity contribution < 1.29 is 22.5 Å². The summed E-state index contributed by atoms with van der Waals surface area (Å²) in [7, 11) is 0. The molecule has 0 aliphatic carbocycles. The van der Waals surface area contributed by atoms with E-state index in [0.717, 1.165) is 17.7 Å². The molecule has 1 aromatic heterocycles. The van der Waals surface area contributed by atoms with Crippen LogP contribution in [0, 0.1) is 0 Å². The van der Waals surface area contributed by atoms with Crippen LogP contribution in [0.1, 0.15) is 62.2 Å². The molecule has 1 fully saturated rings. The number of carbonyl (C=O) groups is 1. The van der Waals surface area contributed by atoms with E-state index in [0.29, 0.717) is 19.4 Å². The van der Waals surface area contributed by atoms with E-state index >= 15 is 0 Å². The van der Waals surface area contributed by atoms with Crippen molar-refractivity contribution >= 4 is 5.91 Å². The Labute approximate surface area is 184 Å². The highest BCUT2D eigenvalue weighted by atomic mass is 19.4. The number of likely N-dealkylation sites (tertiary alicyclic amines) is 1. The first-order valence-corrected chi connectivity index (χ1v) is 10.4. The number of nitrogens with zero attached hydrogens (tertiary/aromatic N) is 3. The van der Waals surface area contributed by atoms with Crippen LogP contribution in [-0.2, 0) is 22.9 Å². The molecule has 1 aliphatic heterocycles. The number of alkyl halides is 3. The highest BCUT2D eigenvalue weighted by molar-refractivity contribution is 5.78. The SMILES string of the molecule is CC(C)(C)c1ccc(CN2C(=O)CCC2c2nc(-c3cccc(C(F)(F)F)c3)no2)cc1. The van der Waals surface area contributed by atoms with Crippen LogP contribution in [0.3, 0.4) is 0 Å². The Morgan fingerprint density at radius 1 is 1.06 bits per heavy atom. The summed E-state index contributed by atoms with van der Waals surface area (Å²) in [6, 6.07) is 12.5. The van der Waals surface area contributed by atoms with E-state index in [4.69, 9.17) is 4.52 Å². The lowest BCUT2D eigenvalue weighted by atomic mass is 9.87. The molecule has 2 aromatic carbocycles. The van der Waals surface area contributed by atoms with Crippen LogP contribution in [0.5, 0.6) is 0 Å². The van der Waals surface area contributed by atoms with Crippen molar-refractivity contribution in [3.63, 3.8) is 0 Å². The minimum absolute atomic E-state index is 0.0197. The van der Waals surface area contributed by atoms with Crippen molar-refractivity contribution in [2.75, 3.05) is 0 Å². The Bertz CT molecular complexity index is 1110. The van der Waals surface area contributed by atoms with E-state index in [2.05, 4.69) is 43.0 Å². The number of rotatable bonds is 4. The van der Waals surface area contributed by atoms with Gasteiger partial charge < -0.3 is 9.42 Å². The summed E-state index contributed by atoms with van der Waals surface area (Å²) in [5, 5.41) is 3.87. The lowest BCUT2D eigenvalue weighted by molar-refractivity contribution is -0.137. The third-order valence-electron chi connectivity index (χ3n) is 5.68. The zero-order chi connectivity index (χ0) is 23.1. The van der Waals surface area contributed by atoms with E-state index in [9.17, 15) is 18.0 Å². The van der Waals surface area contributed by atoms with Crippen LogP contribution in [0.25, 0.3) is 11.4 Å². The average molecular weight is 443 g/mol. The summed E-state index contributed by atoms with van der Waals surface area (Å²) in [6.07, 6.45) is -3.59. The second kappa shape index (κ2) is 8.07. The lowest BCUT2D eigenvalue weighted by Crippen LogP contribution is -2.27. The molecule has 0 bridgehead atoms. The monoisotopic (exact) mass is 443 g/mol. The van der Waals surface area contributed by atoms with E-state index in [1.807, 2.05) is 12.1 Å². The Morgan fingerprint density at radius 2 is 1.78 bits per heavy atom. The minimum atomic E-state index is -4.46. The molecule has 8 heteroatoms. The van der Waals surface area contributed by atoms with Gasteiger partial charge in [-0.2, -0.15) is 18.2 Å². The third kappa shape index (κ3) is 4.54. The molecule has 32 heavy (non-hydrogen) atoms. The van der Waals surface area contributed by atoms with Crippen LogP contribution < -0.4 is 0 Å². The predicted molar refractivity (Wildman–Crippen MR) is 112 cm³/mol. The van der Waals surface area contributed by atoms with Gasteiger partial charge in [0.05, 0.1) is 5.56 Å². The van der Waals surface area contributed by atoms with Crippen molar-refractivity contribution in [3.05, 3.63) is 71.1 Å². The maximum Gasteiger partial charge on any atom is 0.416 e. The van der Waals surface area contributed by atoms with E-state index < -0.39 is 17.8 Å². The van der Waals surface area contributed by atoms with Gasteiger partial charge >= 0.3 is 6.18 Å². The molecule has 1 saturated heterocycles. The highest BCUT2D eigenvalue weighted by Gasteiger charge is 2.36. The Morgan fingerprint density at radius 3 is 2.44 bits per heavy atom. The van der Waals surface area contributed by atoms with E-state index in [1.165, 1.54) is 17.7 Å². The molecule has 0 radical (unpaired) electrons. The van der Waals surface area contributed by atoms with Gasteiger partial charge in [-0.05, 0) is 35.1 Å². The first kappa shape index (κ1) is 22.0. The quantitative estimate of drug-likeness (QED) is 0.503.